The maximum atomic E-state index is 11.6. The quantitative estimate of drug-likeness (QED) is 0.519. The molecule has 1 aromatic rings. The fraction of sp³-hybridized carbons (Fsp3) is 0.652. The van der Waals surface area contributed by atoms with Crippen molar-refractivity contribution in [2.75, 3.05) is 47.3 Å². The number of likely N-dealkylation sites (tertiary alicyclic amines) is 1. The normalized spacial score (nSPS) is 16.8. The van der Waals surface area contributed by atoms with Crippen LogP contribution in [0.3, 0.4) is 0 Å². The minimum absolute atomic E-state index is 0.145. The smallest absolute Gasteiger partial charge is 0.220 e. The second kappa shape index (κ2) is 11.8. The molecule has 29 heavy (non-hydrogen) atoms. The third-order valence-corrected chi connectivity index (χ3v) is 5.81. The van der Waals surface area contributed by atoms with Gasteiger partial charge in [0.05, 0.1) is 12.6 Å². The lowest BCUT2D eigenvalue weighted by atomic mass is 9.93. The molecule has 1 unspecified atom stereocenters. The Morgan fingerprint density at radius 1 is 1.21 bits per heavy atom. The maximum absolute atomic E-state index is 11.6. The lowest BCUT2D eigenvalue weighted by Gasteiger charge is -2.34. The third kappa shape index (κ3) is 7.03. The predicted octanol–water partition coefficient (Wildman–Crippen LogP) is 2.67. The number of piperidine rings is 1. The van der Waals surface area contributed by atoms with E-state index < -0.39 is 0 Å². The topological polar surface area (TPSA) is 60.0 Å². The van der Waals surface area contributed by atoms with E-state index in [4.69, 9.17) is 4.99 Å². The van der Waals surface area contributed by atoms with E-state index in [1.165, 1.54) is 11.1 Å². The summed E-state index contributed by atoms with van der Waals surface area (Å²) in [6.07, 6.45) is 3.76. The van der Waals surface area contributed by atoms with Gasteiger partial charge in [0, 0.05) is 33.1 Å². The minimum atomic E-state index is 0.145. The van der Waals surface area contributed by atoms with Gasteiger partial charge in [0.15, 0.2) is 5.96 Å². The van der Waals surface area contributed by atoms with E-state index in [9.17, 15) is 4.79 Å². The zero-order chi connectivity index (χ0) is 21.2. The van der Waals surface area contributed by atoms with Crippen molar-refractivity contribution >= 4 is 11.9 Å². The summed E-state index contributed by atoms with van der Waals surface area (Å²) in [4.78, 5) is 21.2. The van der Waals surface area contributed by atoms with Crippen LogP contribution >= 0.6 is 0 Å². The summed E-state index contributed by atoms with van der Waals surface area (Å²) in [7, 11) is 5.95. The van der Waals surface area contributed by atoms with E-state index in [1.54, 1.807) is 7.05 Å². The van der Waals surface area contributed by atoms with Crippen LogP contribution in [0.15, 0.2) is 29.3 Å². The van der Waals surface area contributed by atoms with Gasteiger partial charge in [0.1, 0.15) is 0 Å². The number of likely N-dealkylation sites (N-methyl/N-ethyl adjacent to an activating group) is 1. The highest BCUT2D eigenvalue weighted by Crippen LogP contribution is 2.22. The van der Waals surface area contributed by atoms with Crippen LogP contribution in [0.25, 0.3) is 0 Å². The van der Waals surface area contributed by atoms with Crippen molar-refractivity contribution in [2.24, 2.45) is 10.9 Å². The van der Waals surface area contributed by atoms with Crippen molar-refractivity contribution in [2.45, 2.75) is 45.6 Å². The molecule has 0 spiro atoms. The van der Waals surface area contributed by atoms with Crippen molar-refractivity contribution < 1.29 is 4.79 Å². The number of aryl methyl sites for hydroxylation is 1. The fourth-order valence-electron chi connectivity index (χ4n) is 3.85. The van der Waals surface area contributed by atoms with Crippen LogP contribution < -0.4 is 10.6 Å². The number of nitrogens with one attached hydrogen (secondary N) is 2. The standard InChI is InChI=1S/C23H39N5O/c1-6-18-8-10-20(11-9-18)21(27(4)5)17-26-23(25-7-2)28-14-12-19(13-15-28)16-22(29)24-3/h8-11,19,21H,6-7,12-17H2,1-5H3,(H,24,29)(H,25,26). The Labute approximate surface area is 176 Å². The summed E-state index contributed by atoms with van der Waals surface area (Å²) in [5.41, 5.74) is 2.67. The van der Waals surface area contributed by atoms with E-state index in [0.717, 1.165) is 51.4 Å². The van der Waals surface area contributed by atoms with Crippen LogP contribution in [0.1, 0.15) is 50.3 Å². The molecule has 0 radical (unpaired) electrons. The average Bonchev–Trinajstić information content (AvgIpc) is 2.74. The highest BCUT2D eigenvalue weighted by molar-refractivity contribution is 5.80. The Kier molecular flexibility index (Phi) is 9.45. The first-order chi connectivity index (χ1) is 14.0. The summed E-state index contributed by atoms with van der Waals surface area (Å²) in [5.74, 6) is 1.61. The summed E-state index contributed by atoms with van der Waals surface area (Å²) in [5, 5.41) is 6.20. The Balaban J connectivity index is 2.03. The molecule has 1 aliphatic rings. The Morgan fingerprint density at radius 2 is 1.86 bits per heavy atom. The molecule has 1 heterocycles. The van der Waals surface area contributed by atoms with Gasteiger partial charge in [-0.1, -0.05) is 31.2 Å². The highest BCUT2D eigenvalue weighted by Gasteiger charge is 2.23. The molecule has 0 bridgehead atoms. The SMILES string of the molecule is CCNC(=NCC(c1ccc(CC)cc1)N(C)C)N1CCC(CC(=O)NC)CC1. The van der Waals surface area contributed by atoms with Crippen molar-refractivity contribution in [1.82, 2.24) is 20.4 Å². The number of aliphatic imine (C=N–C) groups is 1. The molecule has 162 valence electrons. The Hall–Kier alpha value is -2.08. The van der Waals surface area contributed by atoms with E-state index in [0.29, 0.717) is 12.3 Å². The van der Waals surface area contributed by atoms with Crippen molar-refractivity contribution in [1.29, 1.82) is 0 Å². The monoisotopic (exact) mass is 401 g/mol. The van der Waals surface area contributed by atoms with Crippen molar-refractivity contribution in [3.63, 3.8) is 0 Å². The van der Waals surface area contributed by atoms with E-state index in [2.05, 4.69) is 72.6 Å². The molecule has 2 N–H and O–H groups in total. The number of benzene rings is 1. The van der Waals surface area contributed by atoms with E-state index in [1.807, 2.05) is 0 Å². The van der Waals surface area contributed by atoms with Gasteiger partial charge in [-0.25, -0.2) is 0 Å². The van der Waals surface area contributed by atoms with E-state index >= 15 is 0 Å². The molecule has 1 atom stereocenters. The third-order valence-electron chi connectivity index (χ3n) is 5.81. The first-order valence-corrected chi connectivity index (χ1v) is 11.0. The van der Waals surface area contributed by atoms with Gasteiger partial charge >= 0.3 is 0 Å². The molecule has 6 nitrogen and oxygen atoms in total. The first kappa shape index (κ1) is 23.2. The average molecular weight is 402 g/mol. The van der Waals surface area contributed by atoms with Gasteiger partial charge in [0.25, 0.3) is 0 Å². The molecular weight excluding hydrogens is 362 g/mol. The summed E-state index contributed by atoms with van der Waals surface area (Å²) in [6.45, 7) is 7.77. The number of rotatable bonds is 8. The van der Waals surface area contributed by atoms with Crippen LogP contribution in [0, 0.1) is 5.92 Å². The number of hydrogen-bond donors (Lipinski definition) is 2. The molecule has 1 fully saturated rings. The van der Waals surface area contributed by atoms with Crippen LogP contribution in [0.4, 0.5) is 0 Å². The largest absolute Gasteiger partial charge is 0.359 e. The zero-order valence-corrected chi connectivity index (χ0v) is 18.9. The number of carbonyl (C=O) groups is 1. The molecule has 1 aliphatic heterocycles. The zero-order valence-electron chi connectivity index (χ0n) is 18.9. The maximum Gasteiger partial charge on any atom is 0.220 e. The fourth-order valence-corrected chi connectivity index (χ4v) is 3.85. The summed E-state index contributed by atoms with van der Waals surface area (Å²) < 4.78 is 0. The van der Waals surface area contributed by atoms with Gasteiger partial charge in [-0.05, 0) is 57.3 Å². The molecule has 2 rings (SSSR count). The number of hydrogen-bond acceptors (Lipinski definition) is 3. The predicted molar refractivity (Wildman–Crippen MR) is 121 cm³/mol. The number of nitrogens with zero attached hydrogens (tertiary/aromatic N) is 3. The molecule has 1 saturated heterocycles. The highest BCUT2D eigenvalue weighted by atomic mass is 16.1. The molecule has 1 amide bonds. The molecule has 0 aromatic heterocycles. The molecule has 0 saturated carbocycles. The summed E-state index contributed by atoms with van der Waals surface area (Å²) >= 11 is 0. The van der Waals surface area contributed by atoms with E-state index in [-0.39, 0.29) is 11.9 Å². The van der Waals surface area contributed by atoms with Gasteiger partial charge < -0.3 is 20.4 Å². The summed E-state index contributed by atoms with van der Waals surface area (Å²) in [6, 6.07) is 9.16. The molecule has 1 aromatic carbocycles. The number of guanidine groups is 1. The Morgan fingerprint density at radius 3 is 2.38 bits per heavy atom. The molecular formula is C23H39N5O. The van der Waals surface area contributed by atoms with Gasteiger partial charge in [-0.3, -0.25) is 9.79 Å². The van der Waals surface area contributed by atoms with Gasteiger partial charge in [-0.15, -0.1) is 0 Å². The van der Waals surface area contributed by atoms with Crippen LogP contribution in [0.2, 0.25) is 0 Å². The second-order valence-electron chi connectivity index (χ2n) is 8.08. The van der Waals surface area contributed by atoms with Crippen LogP contribution in [0.5, 0.6) is 0 Å². The second-order valence-corrected chi connectivity index (χ2v) is 8.08. The van der Waals surface area contributed by atoms with Crippen LogP contribution in [-0.2, 0) is 11.2 Å². The number of carbonyl (C=O) groups excluding carboxylic acids is 1. The number of amides is 1. The molecule has 0 aliphatic carbocycles. The van der Waals surface area contributed by atoms with Crippen LogP contribution in [-0.4, -0.2) is 69.0 Å². The lowest BCUT2D eigenvalue weighted by Crippen LogP contribution is -2.46. The van der Waals surface area contributed by atoms with Gasteiger partial charge in [0.2, 0.25) is 5.91 Å². The van der Waals surface area contributed by atoms with Crippen molar-refractivity contribution in [3.05, 3.63) is 35.4 Å². The first-order valence-electron chi connectivity index (χ1n) is 11.0. The Bertz CT molecular complexity index is 648. The minimum Gasteiger partial charge on any atom is -0.359 e. The van der Waals surface area contributed by atoms with Gasteiger partial charge in [-0.2, -0.15) is 0 Å². The molecule has 6 heteroatoms. The van der Waals surface area contributed by atoms with Crippen molar-refractivity contribution in [3.8, 4) is 0 Å². The lowest BCUT2D eigenvalue weighted by molar-refractivity contribution is -0.121.